The highest BCUT2D eigenvalue weighted by Crippen LogP contribution is 2.56. The maximum atomic E-state index is 13.1. The quantitative estimate of drug-likeness (QED) is 0.473. The van der Waals surface area contributed by atoms with Crippen LogP contribution in [-0.4, -0.2) is 17.9 Å². The Labute approximate surface area is 126 Å². The van der Waals surface area contributed by atoms with E-state index in [2.05, 4.69) is 27.7 Å². The summed E-state index contributed by atoms with van der Waals surface area (Å²) in [7, 11) is -3.04. The van der Waals surface area contributed by atoms with Gasteiger partial charge in [-0.15, -0.1) is 0 Å². The summed E-state index contributed by atoms with van der Waals surface area (Å²) < 4.78 is 24.9. The summed E-state index contributed by atoms with van der Waals surface area (Å²) in [5, 5.41) is 0. The molecule has 0 aliphatic carbocycles. The molecule has 0 aromatic heterocycles. The molecule has 0 aromatic carbocycles. The molecule has 0 bridgehead atoms. The van der Waals surface area contributed by atoms with E-state index in [0.29, 0.717) is 11.8 Å². The second-order valence-electron chi connectivity index (χ2n) is 6.89. The van der Waals surface area contributed by atoms with Gasteiger partial charge in [-0.05, 0) is 44.9 Å². The molecule has 0 aliphatic rings. The molecule has 122 valence electrons. The van der Waals surface area contributed by atoms with Crippen LogP contribution in [0.4, 0.5) is 0 Å². The average Bonchev–Trinajstić information content (AvgIpc) is 2.24. The summed E-state index contributed by atoms with van der Waals surface area (Å²) in [6.07, 6.45) is 2.56. The fraction of sp³-hybridized carbons (Fsp3) is 1.00. The Bertz CT molecular complexity index is 280. The zero-order valence-corrected chi connectivity index (χ0v) is 15.6. The molecular weight excluding hydrogens is 271 g/mol. The highest BCUT2D eigenvalue weighted by Gasteiger charge is 2.35. The van der Waals surface area contributed by atoms with Crippen LogP contribution in [0.15, 0.2) is 0 Å². The molecule has 0 N–H and O–H groups in total. The molecule has 0 aliphatic heterocycles. The molecular formula is C16H35O3P. The smallest absolute Gasteiger partial charge is 0.305 e. The van der Waals surface area contributed by atoms with Crippen molar-refractivity contribution in [2.45, 2.75) is 92.5 Å². The molecule has 0 saturated heterocycles. The van der Waals surface area contributed by atoms with Gasteiger partial charge in [-0.3, -0.25) is 4.57 Å². The van der Waals surface area contributed by atoms with E-state index in [-0.39, 0.29) is 17.9 Å². The summed E-state index contributed by atoms with van der Waals surface area (Å²) in [5.74, 6) is 1.06. The first kappa shape index (κ1) is 20.1. The largest absolute Gasteiger partial charge is 0.333 e. The van der Waals surface area contributed by atoms with Crippen molar-refractivity contribution in [3.05, 3.63) is 0 Å². The van der Waals surface area contributed by atoms with Crippen molar-refractivity contribution in [1.29, 1.82) is 0 Å². The van der Waals surface area contributed by atoms with Gasteiger partial charge >= 0.3 is 7.60 Å². The van der Waals surface area contributed by atoms with Crippen LogP contribution in [0.1, 0.15) is 74.7 Å². The lowest BCUT2D eigenvalue weighted by molar-refractivity contribution is 0.104. The van der Waals surface area contributed by atoms with Crippen molar-refractivity contribution in [2.24, 2.45) is 11.8 Å². The van der Waals surface area contributed by atoms with Gasteiger partial charge in [-0.1, -0.05) is 41.5 Å². The van der Waals surface area contributed by atoms with E-state index in [9.17, 15) is 4.57 Å². The first-order chi connectivity index (χ1) is 9.10. The third-order valence-corrected chi connectivity index (χ3v) is 6.14. The SMILES string of the molecule is CC[C@@H](C)P(=O)(O[C@H](C)CC(C)C)O[C@H](C)CC(C)C. The standard InChI is InChI=1S/C16H35O3P/c1-9-16(8)20(17,18-14(6)10-12(2)3)19-15(7)11-13(4)5/h12-16H,9-11H2,1-8H3/t14-,15-,16-/m1/s1. The Balaban J connectivity index is 4.79. The molecule has 20 heavy (non-hydrogen) atoms. The second-order valence-corrected chi connectivity index (χ2v) is 9.27. The fourth-order valence-electron chi connectivity index (χ4n) is 2.37. The Kier molecular flexibility index (Phi) is 9.29. The van der Waals surface area contributed by atoms with Crippen LogP contribution in [0, 0.1) is 11.8 Å². The van der Waals surface area contributed by atoms with Gasteiger partial charge in [0.25, 0.3) is 0 Å². The fourth-order valence-corrected chi connectivity index (χ4v) is 4.46. The Morgan fingerprint density at radius 1 is 0.800 bits per heavy atom. The van der Waals surface area contributed by atoms with Crippen molar-refractivity contribution in [2.75, 3.05) is 0 Å². The monoisotopic (exact) mass is 306 g/mol. The first-order valence-electron chi connectivity index (χ1n) is 8.07. The van der Waals surface area contributed by atoms with Crippen LogP contribution in [-0.2, 0) is 13.6 Å². The van der Waals surface area contributed by atoms with Gasteiger partial charge in [0.2, 0.25) is 0 Å². The molecule has 0 rings (SSSR count). The predicted molar refractivity (Wildman–Crippen MR) is 87.4 cm³/mol. The minimum absolute atomic E-state index is 0.0268. The zero-order valence-electron chi connectivity index (χ0n) is 14.7. The van der Waals surface area contributed by atoms with Crippen molar-refractivity contribution < 1.29 is 13.6 Å². The summed E-state index contributed by atoms with van der Waals surface area (Å²) >= 11 is 0. The lowest BCUT2D eigenvalue weighted by atomic mass is 10.1. The van der Waals surface area contributed by atoms with Crippen molar-refractivity contribution >= 4 is 7.60 Å². The molecule has 0 aromatic rings. The van der Waals surface area contributed by atoms with Gasteiger partial charge in [0.05, 0.1) is 17.9 Å². The first-order valence-corrected chi connectivity index (χ1v) is 9.68. The van der Waals surface area contributed by atoms with Gasteiger partial charge in [0, 0.05) is 0 Å². The van der Waals surface area contributed by atoms with Crippen LogP contribution in [0.3, 0.4) is 0 Å². The van der Waals surface area contributed by atoms with E-state index in [1.807, 2.05) is 27.7 Å². The van der Waals surface area contributed by atoms with Gasteiger partial charge < -0.3 is 9.05 Å². The van der Waals surface area contributed by atoms with Gasteiger partial charge in [0.1, 0.15) is 0 Å². The molecule has 3 nitrogen and oxygen atoms in total. The Hall–Kier alpha value is 0.150. The minimum atomic E-state index is -3.04. The normalized spacial score (nSPS) is 17.5. The van der Waals surface area contributed by atoms with Gasteiger partial charge in [-0.2, -0.15) is 0 Å². The lowest BCUT2D eigenvalue weighted by Gasteiger charge is -2.30. The molecule has 0 radical (unpaired) electrons. The number of hydrogen-bond acceptors (Lipinski definition) is 3. The minimum Gasteiger partial charge on any atom is -0.305 e. The van der Waals surface area contributed by atoms with Crippen LogP contribution >= 0.6 is 7.60 Å². The van der Waals surface area contributed by atoms with Crippen LogP contribution < -0.4 is 0 Å². The Morgan fingerprint density at radius 3 is 1.40 bits per heavy atom. The van der Waals surface area contributed by atoms with E-state index in [4.69, 9.17) is 9.05 Å². The van der Waals surface area contributed by atoms with E-state index in [0.717, 1.165) is 19.3 Å². The maximum Gasteiger partial charge on any atom is 0.333 e. The van der Waals surface area contributed by atoms with Crippen LogP contribution in [0.5, 0.6) is 0 Å². The maximum absolute atomic E-state index is 13.1. The molecule has 4 heteroatoms. The van der Waals surface area contributed by atoms with Crippen LogP contribution in [0.2, 0.25) is 0 Å². The van der Waals surface area contributed by atoms with Crippen molar-refractivity contribution in [3.63, 3.8) is 0 Å². The van der Waals surface area contributed by atoms with Crippen molar-refractivity contribution in [3.8, 4) is 0 Å². The van der Waals surface area contributed by atoms with Crippen LogP contribution in [0.25, 0.3) is 0 Å². The summed E-state index contributed by atoms with van der Waals surface area (Å²) in [6, 6.07) is 0. The van der Waals surface area contributed by atoms with Gasteiger partial charge in [0.15, 0.2) is 0 Å². The summed E-state index contributed by atoms with van der Waals surface area (Å²) in [5.41, 5.74) is -0.0493. The molecule has 0 heterocycles. The molecule has 3 atom stereocenters. The third kappa shape index (κ3) is 7.81. The van der Waals surface area contributed by atoms with E-state index in [1.54, 1.807) is 0 Å². The highest BCUT2D eigenvalue weighted by atomic mass is 31.2. The Morgan fingerprint density at radius 2 is 1.15 bits per heavy atom. The molecule has 0 fully saturated rings. The number of rotatable bonds is 10. The van der Waals surface area contributed by atoms with E-state index in [1.165, 1.54) is 0 Å². The number of hydrogen-bond donors (Lipinski definition) is 0. The topological polar surface area (TPSA) is 35.5 Å². The third-order valence-electron chi connectivity index (χ3n) is 3.39. The molecule has 0 amide bonds. The lowest BCUT2D eigenvalue weighted by Crippen LogP contribution is -2.20. The molecule has 0 saturated carbocycles. The van der Waals surface area contributed by atoms with E-state index < -0.39 is 7.60 Å². The summed E-state index contributed by atoms with van der Waals surface area (Å²) in [6.45, 7) is 16.6. The zero-order chi connectivity index (χ0) is 15.9. The van der Waals surface area contributed by atoms with Crippen molar-refractivity contribution in [1.82, 2.24) is 0 Å². The second kappa shape index (κ2) is 9.23. The summed E-state index contributed by atoms with van der Waals surface area (Å²) in [4.78, 5) is 0. The average molecular weight is 306 g/mol. The van der Waals surface area contributed by atoms with E-state index >= 15 is 0 Å². The highest BCUT2D eigenvalue weighted by molar-refractivity contribution is 7.54. The molecule has 0 unspecified atom stereocenters. The predicted octanol–water partition coefficient (Wildman–Crippen LogP) is 5.88. The van der Waals surface area contributed by atoms with Gasteiger partial charge in [-0.25, -0.2) is 0 Å². The molecule has 0 spiro atoms.